The summed E-state index contributed by atoms with van der Waals surface area (Å²) in [4.78, 5) is 23.8. The molecule has 0 radical (unpaired) electrons. The molecule has 0 atom stereocenters. The van der Waals surface area contributed by atoms with E-state index in [0.717, 1.165) is 6.07 Å². The number of furan rings is 1. The van der Waals surface area contributed by atoms with Gasteiger partial charge >= 0.3 is 0 Å². The quantitative estimate of drug-likeness (QED) is 0.606. The molecule has 2 heterocycles. The van der Waals surface area contributed by atoms with Crippen LogP contribution >= 0.6 is 11.8 Å². The van der Waals surface area contributed by atoms with Crippen LogP contribution < -0.4 is 10.6 Å². The Hall–Kier alpha value is -3.20. The minimum Gasteiger partial charge on any atom is -0.467 e. The van der Waals surface area contributed by atoms with Crippen molar-refractivity contribution in [2.24, 2.45) is 0 Å². The van der Waals surface area contributed by atoms with Gasteiger partial charge in [-0.05, 0) is 42.5 Å². The SMILES string of the molecule is O=C(CSc1ccc(NC(=O)c2cccc(F)c2)nn1)NCc1ccco1. The molecule has 0 saturated carbocycles. The molecule has 1 aromatic carbocycles. The Morgan fingerprint density at radius 2 is 2.00 bits per heavy atom. The molecular formula is C18H15FN4O3S. The number of halogens is 1. The zero-order valence-corrected chi connectivity index (χ0v) is 14.8. The van der Waals surface area contributed by atoms with Gasteiger partial charge in [-0.25, -0.2) is 4.39 Å². The molecule has 9 heteroatoms. The topological polar surface area (TPSA) is 97.1 Å². The highest BCUT2D eigenvalue weighted by molar-refractivity contribution is 7.99. The minimum atomic E-state index is -0.495. The molecule has 0 spiro atoms. The standard InChI is InChI=1S/C18H15FN4O3S/c19-13-4-1-3-12(9-13)18(25)21-15-6-7-17(23-22-15)27-11-16(24)20-10-14-5-2-8-26-14/h1-9H,10-11H2,(H,20,24)(H,21,22,25). The third-order valence-electron chi connectivity index (χ3n) is 3.36. The summed E-state index contributed by atoms with van der Waals surface area (Å²) in [6, 6.07) is 12.1. The van der Waals surface area contributed by atoms with Crippen LogP contribution in [0.1, 0.15) is 16.1 Å². The molecule has 3 rings (SSSR count). The number of rotatable bonds is 7. The van der Waals surface area contributed by atoms with Gasteiger partial charge in [0.1, 0.15) is 16.6 Å². The van der Waals surface area contributed by atoms with Crippen LogP contribution in [0.15, 0.2) is 64.2 Å². The van der Waals surface area contributed by atoms with E-state index in [-0.39, 0.29) is 23.0 Å². The molecule has 7 nitrogen and oxygen atoms in total. The molecule has 0 fully saturated rings. The Balaban J connectivity index is 1.47. The van der Waals surface area contributed by atoms with E-state index in [0.29, 0.717) is 17.3 Å². The van der Waals surface area contributed by atoms with Crippen molar-refractivity contribution in [2.45, 2.75) is 11.6 Å². The summed E-state index contributed by atoms with van der Waals surface area (Å²) in [5.41, 5.74) is 0.184. The number of nitrogens with one attached hydrogen (secondary N) is 2. The second kappa shape index (κ2) is 8.95. The van der Waals surface area contributed by atoms with Crippen molar-refractivity contribution in [1.29, 1.82) is 0 Å². The van der Waals surface area contributed by atoms with Crippen molar-refractivity contribution in [3.63, 3.8) is 0 Å². The van der Waals surface area contributed by atoms with Crippen LogP contribution in [0, 0.1) is 5.82 Å². The number of hydrogen-bond donors (Lipinski definition) is 2. The Labute approximate surface area is 158 Å². The maximum Gasteiger partial charge on any atom is 0.256 e. The smallest absolute Gasteiger partial charge is 0.256 e. The molecule has 27 heavy (non-hydrogen) atoms. The number of nitrogens with zero attached hydrogens (tertiary/aromatic N) is 2. The van der Waals surface area contributed by atoms with Gasteiger partial charge in [-0.1, -0.05) is 17.8 Å². The van der Waals surface area contributed by atoms with Crippen molar-refractivity contribution in [2.75, 3.05) is 11.1 Å². The van der Waals surface area contributed by atoms with Crippen LogP contribution in [0.3, 0.4) is 0 Å². The van der Waals surface area contributed by atoms with Crippen LogP contribution in [-0.4, -0.2) is 27.8 Å². The average Bonchev–Trinajstić information content (AvgIpc) is 3.19. The summed E-state index contributed by atoms with van der Waals surface area (Å²) in [5.74, 6) is -0.0684. The van der Waals surface area contributed by atoms with Gasteiger partial charge in [0.25, 0.3) is 5.91 Å². The lowest BCUT2D eigenvalue weighted by Crippen LogP contribution is -2.24. The van der Waals surface area contributed by atoms with E-state index in [1.807, 2.05) is 0 Å². The lowest BCUT2D eigenvalue weighted by Gasteiger charge is -2.05. The predicted molar refractivity (Wildman–Crippen MR) is 97.7 cm³/mol. The number of carbonyl (C=O) groups excluding carboxylic acids is 2. The van der Waals surface area contributed by atoms with E-state index >= 15 is 0 Å². The summed E-state index contributed by atoms with van der Waals surface area (Å²) in [7, 11) is 0. The predicted octanol–water partition coefficient (Wildman–Crippen LogP) is 2.87. The molecule has 0 unspecified atom stereocenters. The van der Waals surface area contributed by atoms with Crippen LogP contribution in [0.4, 0.5) is 10.2 Å². The van der Waals surface area contributed by atoms with Crippen molar-refractivity contribution >= 4 is 29.4 Å². The van der Waals surface area contributed by atoms with E-state index < -0.39 is 11.7 Å². The van der Waals surface area contributed by atoms with Crippen LogP contribution in [0.2, 0.25) is 0 Å². The van der Waals surface area contributed by atoms with E-state index in [4.69, 9.17) is 4.42 Å². The first-order valence-corrected chi connectivity index (χ1v) is 8.91. The minimum absolute atomic E-state index is 0.165. The normalized spacial score (nSPS) is 10.4. The van der Waals surface area contributed by atoms with E-state index in [9.17, 15) is 14.0 Å². The van der Waals surface area contributed by atoms with Gasteiger partial charge in [-0.3, -0.25) is 9.59 Å². The molecular weight excluding hydrogens is 371 g/mol. The first-order chi connectivity index (χ1) is 13.1. The third-order valence-corrected chi connectivity index (χ3v) is 4.28. The number of carbonyl (C=O) groups is 2. The fourth-order valence-corrected chi connectivity index (χ4v) is 2.72. The highest BCUT2D eigenvalue weighted by atomic mass is 32.2. The monoisotopic (exact) mass is 386 g/mol. The van der Waals surface area contributed by atoms with Crippen molar-refractivity contribution in [1.82, 2.24) is 15.5 Å². The Bertz CT molecular complexity index is 917. The lowest BCUT2D eigenvalue weighted by molar-refractivity contribution is -0.118. The molecule has 0 saturated heterocycles. The van der Waals surface area contributed by atoms with Gasteiger partial charge in [-0.2, -0.15) is 0 Å². The summed E-state index contributed by atoms with van der Waals surface area (Å²) in [6.45, 7) is 0.323. The van der Waals surface area contributed by atoms with Crippen LogP contribution in [0.25, 0.3) is 0 Å². The van der Waals surface area contributed by atoms with E-state index in [1.165, 1.54) is 30.0 Å². The average molecular weight is 386 g/mol. The Morgan fingerprint density at radius 3 is 2.70 bits per heavy atom. The number of thioether (sulfide) groups is 1. The Morgan fingerprint density at radius 1 is 1.11 bits per heavy atom. The lowest BCUT2D eigenvalue weighted by atomic mass is 10.2. The number of aromatic nitrogens is 2. The largest absolute Gasteiger partial charge is 0.467 e. The highest BCUT2D eigenvalue weighted by Gasteiger charge is 2.09. The van der Waals surface area contributed by atoms with E-state index in [1.54, 1.807) is 30.5 Å². The van der Waals surface area contributed by atoms with Gasteiger partial charge in [0.2, 0.25) is 5.91 Å². The van der Waals surface area contributed by atoms with Crippen molar-refractivity contribution in [3.05, 3.63) is 71.9 Å². The second-order valence-electron chi connectivity index (χ2n) is 5.37. The number of anilines is 1. The molecule has 0 aliphatic carbocycles. The van der Waals surface area contributed by atoms with Gasteiger partial charge in [0.05, 0.1) is 18.6 Å². The molecule has 0 aliphatic heterocycles. The summed E-state index contributed by atoms with van der Waals surface area (Å²) < 4.78 is 18.3. The molecule has 3 aromatic rings. The number of hydrogen-bond acceptors (Lipinski definition) is 6. The zero-order valence-electron chi connectivity index (χ0n) is 14.0. The molecule has 0 aliphatic rings. The zero-order chi connectivity index (χ0) is 19.1. The van der Waals surface area contributed by atoms with Crippen molar-refractivity contribution in [3.8, 4) is 0 Å². The molecule has 138 valence electrons. The van der Waals surface area contributed by atoms with Crippen LogP contribution in [-0.2, 0) is 11.3 Å². The third kappa shape index (κ3) is 5.65. The molecule has 2 N–H and O–H groups in total. The van der Waals surface area contributed by atoms with Crippen LogP contribution in [0.5, 0.6) is 0 Å². The first-order valence-electron chi connectivity index (χ1n) is 7.93. The maximum absolute atomic E-state index is 13.2. The maximum atomic E-state index is 13.2. The highest BCUT2D eigenvalue weighted by Crippen LogP contribution is 2.16. The number of benzene rings is 1. The number of amides is 2. The fraction of sp³-hybridized carbons (Fsp3) is 0.111. The first kappa shape index (κ1) is 18.6. The summed E-state index contributed by atoms with van der Waals surface area (Å²) in [5, 5.41) is 13.6. The van der Waals surface area contributed by atoms with Gasteiger partial charge < -0.3 is 15.1 Å². The second-order valence-corrected chi connectivity index (χ2v) is 6.36. The molecule has 2 amide bonds. The van der Waals surface area contributed by atoms with Crippen molar-refractivity contribution < 1.29 is 18.4 Å². The summed E-state index contributed by atoms with van der Waals surface area (Å²) in [6.07, 6.45) is 1.54. The molecule has 2 aromatic heterocycles. The molecule has 0 bridgehead atoms. The fourth-order valence-electron chi connectivity index (χ4n) is 2.07. The van der Waals surface area contributed by atoms with E-state index in [2.05, 4.69) is 20.8 Å². The van der Waals surface area contributed by atoms with Gasteiger partial charge in [0.15, 0.2) is 5.82 Å². The van der Waals surface area contributed by atoms with Gasteiger partial charge in [-0.15, -0.1) is 10.2 Å². The summed E-state index contributed by atoms with van der Waals surface area (Å²) >= 11 is 1.21. The van der Waals surface area contributed by atoms with Gasteiger partial charge in [0, 0.05) is 5.56 Å². The Kier molecular flexibility index (Phi) is 6.16.